The molecule has 1 aromatic carbocycles. The first-order valence-corrected chi connectivity index (χ1v) is 7.05. The maximum atomic E-state index is 10.6. The smallest absolute Gasteiger partial charge is 0.128 e. The van der Waals surface area contributed by atoms with E-state index in [1.165, 1.54) is 0 Å². The highest BCUT2D eigenvalue weighted by Gasteiger charge is 2.25. The van der Waals surface area contributed by atoms with Gasteiger partial charge >= 0.3 is 0 Å². The first kappa shape index (κ1) is 12.8. The van der Waals surface area contributed by atoms with Gasteiger partial charge in [-0.15, -0.1) is 0 Å². The van der Waals surface area contributed by atoms with Gasteiger partial charge in [0.25, 0.3) is 0 Å². The average molecular weight is 323 g/mol. The number of hydrogen-bond donors (Lipinski definition) is 1. The maximum absolute atomic E-state index is 10.6. The summed E-state index contributed by atoms with van der Waals surface area (Å²) in [5.41, 5.74) is 2.74. The third-order valence-corrected chi connectivity index (χ3v) is 3.90. The molecule has 0 bridgehead atoms. The van der Waals surface area contributed by atoms with Crippen molar-refractivity contribution in [2.75, 3.05) is 6.61 Å². The zero-order valence-corrected chi connectivity index (χ0v) is 12.5. The molecule has 100 valence electrons. The molecule has 2 aromatic rings. The first-order chi connectivity index (χ1) is 9.06. The molecule has 0 aliphatic carbocycles. The van der Waals surface area contributed by atoms with Gasteiger partial charge in [0.2, 0.25) is 0 Å². The molecular formula is C15H15BrO3. The number of rotatable bonds is 2. The van der Waals surface area contributed by atoms with Crippen molar-refractivity contribution < 1.29 is 14.3 Å². The van der Waals surface area contributed by atoms with Crippen molar-refractivity contribution in [1.29, 1.82) is 0 Å². The van der Waals surface area contributed by atoms with E-state index in [0.717, 1.165) is 44.9 Å². The topological polar surface area (TPSA) is 42.6 Å². The fourth-order valence-electron chi connectivity index (χ4n) is 2.59. The number of aliphatic hydroxyl groups is 1. The largest absolute Gasteiger partial charge is 0.493 e. The van der Waals surface area contributed by atoms with E-state index in [-0.39, 0.29) is 0 Å². The molecule has 0 fully saturated rings. The highest BCUT2D eigenvalue weighted by atomic mass is 79.9. The van der Waals surface area contributed by atoms with Gasteiger partial charge in [0, 0.05) is 22.0 Å². The molecule has 2 heterocycles. The van der Waals surface area contributed by atoms with Crippen LogP contribution in [0.3, 0.4) is 0 Å². The monoisotopic (exact) mass is 322 g/mol. The molecule has 1 unspecified atom stereocenters. The summed E-state index contributed by atoms with van der Waals surface area (Å²) >= 11 is 3.49. The normalized spacial score (nSPS) is 15.2. The summed E-state index contributed by atoms with van der Waals surface area (Å²) in [5.74, 6) is 2.37. The molecule has 1 aromatic heterocycles. The van der Waals surface area contributed by atoms with Crippen molar-refractivity contribution in [1.82, 2.24) is 0 Å². The molecule has 19 heavy (non-hydrogen) atoms. The summed E-state index contributed by atoms with van der Waals surface area (Å²) in [6, 6.07) is 5.84. The molecule has 0 amide bonds. The lowest BCUT2D eigenvalue weighted by molar-refractivity contribution is 0.211. The number of hydrogen-bond acceptors (Lipinski definition) is 3. The van der Waals surface area contributed by atoms with Crippen molar-refractivity contribution in [2.45, 2.75) is 26.4 Å². The predicted octanol–water partition coefficient (Wildman–Crippen LogP) is 3.68. The minimum absolute atomic E-state index is 0.675. The SMILES string of the molecule is Cc1cc(C(O)c2cc(Br)cc3c2OCC3)c(C)o1. The van der Waals surface area contributed by atoms with Gasteiger partial charge in [-0.25, -0.2) is 0 Å². The Kier molecular flexibility index (Phi) is 3.15. The number of ether oxygens (including phenoxy) is 1. The number of halogens is 1. The Labute approximate surface area is 120 Å². The minimum Gasteiger partial charge on any atom is -0.493 e. The van der Waals surface area contributed by atoms with Gasteiger partial charge in [0.05, 0.1) is 6.61 Å². The summed E-state index contributed by atoms with van der Waals surface area (Å²) in [6.45, 7) is 4.42. The van der Waals surface area contributed by atoms with Gasteiger partial charge in [-0.1, -0.05) is 15.9 Å². The Hall–Kier alpha value is -1.26. The van der Waals surface area contributed by atoms with Gasteiger partial charge in [-0.3, -0.25) is 0 Å². The van der Waals surface area contributed by atoms with Crippen molar-refractivity contribution in [3.63, 3.8) is 0 Å². The number of furan rings is 1. The molecule has 0 saturated heterocycles. The van der Waals surface area contributed by atoms with Crippen LogP contribution in [-0.4, -0.2) is 11.7 Å². The number of fused-ring (bicyclic) bond motifs is 1. The molecular weight excluding hydrogens is 308 g/mol. The van der Waals surface area contributed by atoms with Crippen LogP contribution >= 0.6 is 15.9 Å². The fraction of sp³-hybridized carbons (Fsp3) is 0.333. The van der Waals surface area contributed by atoms with Crippen molar-refractivity contribution >= 4 is 15.9 Å². The lowest BCUT2D eigenvalue weighted by Gasteiger charge is -2.14. The van der Waals surface area contributed by atoms with Crippen LogP contribution < -0.4 is 4.74 Å². The van der Waals surface area contributed by atoms with E-state index >= 15 is 0 Å². The van der Waals surface area contributed by atoms with E-state index in [1.54, 1.807) is 0 Å². The van der Waals surface area contributed by atoms with Crippen LogP contribution in [0.5, 0.6) is 5.75 Å². The van der Waals surface area contributed by atoms with E-state index in [4.69, 9.17) is 9.15 Å². The molecule has 0 saturated carbocycles. The summed E-state index contributed by atoms with van der Waals surface area (Å²) < 4.78 is 12.1. The van der Waals surface area contributed by atoms with Gasteiger partial charge < -0.3 is 14.3 Å². The molecule has 3 rings (SSSR count). The van der Waals surface area contributed by atoms with Crippen LogP contribution in [0.2, 0.25) is 0 Å². The molecule has 1 atom stereocenters. The summed E-state index contributed by atoms with van der Waals surface area (Å²) in [7, 11) is 0. The van der Waals surface area contributed by atoms with Crippen LogP contribution in [0.1, 0.15) is 34.3 Å². The van der Waals surface area contributed by atoms with Crippen LogP contribution in [0, 0.1) is 13.8 Å². The Morgan fingerprint density at radius 2 is 2.00 bits per heavy atom. The second-order valence-corrected chi connectivity index (χ2v) is 5.77. The second-order valence-electron chi connectivity index (χ2n) is 4.85. The maximum Gasteiger partial charge on any atom is 0.128 e. The first-order valence-electron chi connectivity index (χ1n) is 6.26. The van der Waals surface area contributed by atoms with Gasteiger partial charge in [0.15, 0.2) is 0 Å². The molecule has 1 aliphatic rings. The molecule has 1 aliphatic heterocycles. The average Bonchev–Trinajstić information content (AvgIpc) is 2.93. The predicted molar refractivity (Wildman–Crippen MR) is 75.6 cm³/mol. The highest BCUT2D eigenvalue weighted by molar-refractivity contribution is 9.10. The van der Waals surface area contributed by atoms with Crippen LogP contribution in [0.4, 0.5) is 0 Å². The van der Waals surface area contributed by atoms with Crippen molar-refractivity contribution in [2.24, 2.45) is 0 Å². The summed E-state index contributed by atoms with van der Waals surface area (Å²) in [5, 5.41) is 10.6. The van der Waals surface area contributed by atoms with Crippen LogP contribution in [0.25, 0.3) is 0 Å². The Morgan fingerprint density at radius 1 is 1.21 bits per heavy atom. The number of aryl methyl sites for hydroxylation is 2. The molecule has 0 spiro atoms. The van der Waals surface area contributed by atoms with E-state index in [1.807, 2.05) is 32.0 Å². The Balaban J connectivity index is 2.09. The zero-order valence-electron chi connectivity index (χ0n) is 10.9. The standard InChI is InChI=1S/C15H15BrO3/c1-8-5-12(9(2)19-8)14(17)13-7-11(16)6-10-3-4-18-15(10)13/h5-7,14,17H,3-4H2,1-2H3. The van der Waals surface area contributed by atoms with E-state index in [2.05, 4.69) is 15.9 Å². The highest BCUT2D eigenvalue weighted by Crippen LogP contribution is 2.39. The third kappa shape index (κ3) is 2.19. The van der Waals surface area contributed by atoms with Crippen LogP contribution in [-0.2, 0) is 6.42 Å². The van der Waals surface area contributed by atoms with Gasteiger partial charge in [-0.2, -0.15) is 0 Å². The lowest BCUT2D eigenvalue weighted by atomic mass is 9.98. The van der Waals surface area contributed by atoms with Crippen LogP contribution in [0.15, 0.2) is 27.1 Å². The van der Waals surface area contributed by atoms with Crippen molar-refractivity contribution in [3.8, 4) is 5.75 Å². The van der Waals surface area contributed by atoms with E-state index in [0.29, 0.717) is 6.61 Å². The second kappa shape index (κ2) is 4.69. The minimum atomic E-state index is -0.721. The summed E-state index contributed by atoms with van der Waals surface area (Å²) in [6.07, 6.45) is 0.166. The Bertz CT molecular complexity index is 631. The number of benzene rings is 1. The lowest BCUT2D eigenvalue weighted by Crippen LogP contribution is -2.02. The Morgan fingerprint density at radius 3 is 2.68 bits per heavy atom. The van der Waals surface area contributed by atoms with E-state index < -0.39 is 6.10 Å². The van der Waals surface area contributed by atoms with Gasteiger partial charge in [0.1, 0.15) is 23.4 Å². The number of aliphatic hydroxyl groups excluding tert-OH is 1. The molecule has 4 heteroatoms. The quantitative estimate of drug-likeness (QED) is 0.917. The summed E-state index contributed by atoms with van der Waals surface area (Å²) in [4.78, 5) is 0. The zero-order chi connectivity index (χ0) is 13.6. The molecule has 1 N–H and O–H groups in total. The van der Waals surface area contributed by atoms with Crippen molar-refractivity contribution in [3.05, 3.63) is 50.9 Å². The molecule has 0 radical (unpaired) electrons. The van der Waals surface area contributed by atoms with E-state index in [9.17, 15) is 5.11 Å². The molecule has 3 nitrogen and oxygen atoms in total. The third-order valence-electron chi connectivity index (χ3n) is 3.45. The fourth-order valence-corrected chi connectivity index (χ4v) is 3.11. The van der Waals surface area contributed by atoms with Gasteiger partial charge in [-0.05, 0) is 37.6 Å².